The third kappa shape index (κ3) is 4.35. The number of non-ortho nitro benzene ring substituents is 1. The summed E-state index contributed by atoms with van der Waals surface area (Å²) in [6.07, 6.45) is 0.239. The minimum atomic E-state index is -0.515. The summed E-state index contributed by atoms with van der Waals surface area (Å²) in [5.41, 5.74) is 1.75. The number of hydrogen-bond acceptors (Lipinski definition) is 4. The predicted molar refractivity (Wildman–Crippen MR) is 112 cm³/mol. The van der Waals surface area contributed by atoms with Crippen LogP contribution in [0.25, 0.3) is 0 Å². The Morgan fingerprint density at radius 1 is 0.966 bits per heavy atom. The first-order valence-electron chi connectivity index (χ1n) is 9.51. The van der Waals surface area contributed by atoms with Crippen molar-refractivity contribution in [3.05, 3.63) is 112 Å². The van der Waals surface area contributed by atoms with Gasteiger partial charge in [-0.3, -0.25) is 10.1 Å². The highest BCUT2D eigenvalue weighted by atomic mass is 16.6. The van der Waals surface area contributed by atoms with Crippen LogP contribution < -0.4 is 0 Å². The maximum absolute atomic E-state index is 12.9. The van der Waals surface area contributed by atoms with Gasteiger partial charge in [0.1, 0.15) is 6.10 Å². The standard InChI is InChI=1S/C24H23NO4/c1-3-24(2,20-12-8-5-9-13-20)22(18-10-6-4-7-11-18)29-23(26)19-14-16-21(17-15-19)25(27)28/h4-17,22H,3H2,1-2H3/t22-,24+/m0/s1. The number of hydrogen-bond donors (Lipinski definition) is 0. The van der Waals surface area contributed by atoms with Crippen LogP contribution in [0.5, 0.6) is 0 Å². The normalized spacial score (nSPS) is 13.9. The molecule has 0 radical (unpaired) electrons. The zero-order valence-corrected chi connectivity index (χ0v) is 16.4. The summed E-state index contributed by atoms with van der Waals surface area (Å²) >= 11 is 0. The van der Waals surface area contributed by atoms with Crippen molar-refractivity contribution in [2.24, 2.45) is 0 Å². The fraction of sp³-hybridized carbons (Fsp3) is 0.208. The Kier molecular flexibility index (Phi) is 6.07. The molecule has 0 aliphatic rings. The van der Waals surface area contributed by atoms with Crippen molar-refractivity contribution in [1.82, 2.24) is 0 Å². The summed E-state index contributed by atoms with van der Waals surface area (Å²) in [4.78, 5) is 23.3. The van der Waals surface area contributed by atoms with E-state index in [1.165, 1.54) is 24.3 Å². The topological polar surface area (TPSA) is 69.4 Å². The first-order chi connectivity index (χ1) is 14.0. The highest BCUT2D eigenvalue weighted by molar-refractivity contribution is 5.89. The first kappa shape index (κ1) is 20.3. The number of ether oxygens (including phenoxy) is 1. The summed E-state index contributed by atoms with van der Waals surface area (Å²) < 4.78 is 6.02. The molecular formula is C24H23NO4. The molecule has 0 bridgehead atoms. The highest BCUT2D eigenvalue weighted by Gasteiger charge is 2.38. The molecule has 5 nitrogen and oxygen atoms in total. The van der Waals surface area contributed by atoms with E-state index in [4.69, 9.17) is 4.74 Å². The second-order valence-corrected chi connectivity index (χ2v) is 7.14. The van der Waals surface area contributed by atoms with E-state index in [1.807, 2.05) is 60.7 Å². The van der Waals surface area contributed by atoms with Crippen LogP contribution in [0.2, 0.25) is 0 Å². The summed E-state index contributed by atoms with van der Waals surface area (Å²) in [5, 5.41) is 10.9. The van der Waals surface area contributed by atoms with Gasteiger partial charge in [0.15, 0.2) is 0 Å². The highest BCUT2D eigenvalue weighted by Crippen LogP contribution is 2.42. The number of rotatable bonds is 7. The largest absolute Gasteiger partial charge is 0.453 e. The molecule has 0 N–H and O–H groups in total. The Morgan fingerprint density at radius 2 is 1.52 bits per heavy atom. The lowest BCUT2D eigenvalue weighted by atomic mass is 9.73. The molecule has 5 heteroatoms. The molecule has 0 saturated heterocycles. The Hall–Kier alpha value is -3.47. The van der Waals surface area contributed by atoms with Gasteiger partial charge >= 0.3 is 5.97 Å². The second-order valence-electron chi connectivity index (χ2n) is 7.14. The van der Waals surface area contributed by atoms with Gasteiger partial charge in [0, 0.05) is 17.5 Å². The van der Waals surface area contributed by atoms with Gasteiger partial charge in [0.05, 0.1) is 10.5 Å². The SMILES string of the molecule is CC[C@](C)(c1ccccc1)[C@@H](OC(=O)c1ccc([N+](=O)[O-])cc1)c1ccccc1. The van der Waals surface area contributed by atoms with Crippen LogP contribution in [0, 0.1) is 10.1 Å². The van der Waals surface area contributed by atoms with E-state index >= 15 is 0 Å². The van der Waals surface area contributed by atoms with E-state index in [-0.39, 0.29) is 11.3 Å². The second kappa shape index (κ2) is 8.69. The van der Waals surface area contributed by atoms with Crippen LogP contribution in [0.15, 0.2) is 84.9 Å². The minimum Gasteiger partial charge on any atom is -0.453 e. The van der Waals surface area contributed by atoms with Crippen molar-refractivity contribution < 1.29 is 14.5 Å². The molecule has 148 valence electrons. The van der Waals surface area contributed by atoms with Crippen LogP contribution in [0.3, 0.4) is 0 Å². The van der Waals surface area contributed by atoms with Crippen LogP contribution >= 0.6 is 0 Å². The molecule has 29 heavy (non-hydrogen) atoms. The number of esters is 1. The maximum Gasteiger partial charge on any atom is 0.338 e. The Balaban J connectivity index is 1.98. The fourth-order valence-corrected chi connectivity index (χ4v) is 3.45. The number of carbonyl (C=O) groups is 1. The van der Waals surface area contributed by atoms with Crippen molar-refractivity contribution >= 4 is 11.7 Å². The van der Waals surface area contributed by atoms with Crippen molar-refractivity contribution in [3.8, 4) is 0 Å². The van der Waals surface area contributed by atoms with Crippen LogP contribution in [0.4, 0.5) is 5.69 Å². The molecule has 0 amide bonds. The van der Waals surface area contributed by atoms with Crippen LogP contribution in [0.1, 0.15) is 47.9 Å². The van der Waals surface area contributed by atoms with E-state index in [2.05, 4.69) is 13.8 Å². The van der Waals surface area contributed by atoms with Crippen molar-refractivity contribution in [3.63, 3.8) is 0 Å². The van der Waals surface area contributed by atoms with E-state index in [1.54, 1.807) is 0 Å². The molecule has 0 saturated carbocycles. The summed E-state index contributed by atoms with van der Waals surface area (Å²) in [6, 6.07) is 25.1. The summed E-state index contributed by atoms with van der Waals surface area (Å²) in [6.45, 7) is 4.16. The monoisotopic (exact) mass is 389 g/mol. The van der Waals surface area contributed by atoms with Gasteiger partial charge in [-0.05, 0) is 29.7 Å². The number of carbonyl (C=O) groups excluding carboxylic acids is 1. The lowest BCUT2D eigenvalue weighted by Crippen LogP contribution is -2.33. The maximum atomic E-state index is 12.9. The quantitative estimate of drug-likeness (QED) is 0.288. The van der Waals surface area contributed by atoms with Crippen molar-refractivity contribution in [1.29, 1.82) is 0 Å². The zero-order chi connectivity index (χ0) is 20.9. The van der Waals surface area contributed by atoms with Gasteiger partial charge in [-0.2, -0.15) is 0 Å². The van der Waals surface area contributed by atoms with Gasteiger partial charge in [-0.25, -0.2) is 4.79 Å². The molecule has 3 rings (SSSR count). The van der Waals surface area contributed by atoms with Gasteiger partial charge in [0.25, 0.3) is 5.69 Å². The number of nitrogens with zero attached hydrogens (tertiary/aromatic N) is 1. The number of nitro groups is 1. The molecule has 2 atom stereocenters. The Labute approximate surface area is 170 Å². The fourth-order valence-electron chi connectivity index (χ4n) is 3.45. The lowest BCUT2D eigenvalue weighted by molar-refractivity contribution is -0.384. The van der Waals surface area contributed by atoms with E-state index < -0.39 is 22.4 Å². The molecule has 3 aromatic rings. The molecule has 0 spiro atoms. The number of benzene rings is 3. The first-order valence-corrected chi connectivity index (χ1v) is 9.51. The Bertz CT molecular complexity index is 971. The van der Waals surface area contributed by atoms with Gasteiger partial charge < -0.3 is 4.74 Å². The third-order valence-electron chi connectivity index (χ3n) is 5.39. The van der Waals surface area contributed by atoms with Crippen LogP contribution in [-0.4, -0.2) is 10.9 Å². The molecule has 0 aromatic heterocycles. The minimum absolute atomic E-state index is 0.0659. The summed E-state index contributed by atoms with van der Waals surface area (Å²) in [5.74, 6) is -0.510. The smallest absolute Gasteiger partial charge is 0.338 e. The van der Waals surface area contributed by atoms with E-state index in [9.17, 15) is 14.9 Å². The van der Waals surface area contributed by atoms with Crippen LogP contribution in [-0.2, 0) is 10.2 Å². The lowest BCUT2D eigenvalue weighted by Gasteiger charge is -2.37. The van der Waals surface area contributed by atoms with Gasteiger partial charge in [-0.15, -0.1) is 0 Å². The average Bonchev–Trinajstić information content (AvgIpc) is 2.78. The molecule has 0 unspecified atom stereocenters. The van der Waals surface area contributed by atoms with Crippen molar-refractivity contribution in [2.75, 3.05) is 0 Å². The predicted octanol–water partition coefficient (Wildman–Crippen LogP) is 5.86. The third-order valence-corrected chi connectivity index (χ3v) is 5.39. The zero-order valence-electron chi connectivity index (χ0n) is 16.4. The van der Waals surface area contributed by atoms with E-state index in [0.29, 0.717) is 0 Å². The number of nitro benzene ring substituents is 1. The van der Waals surface area contributed by atoms with Gasteiger partial charge in [-0.1, -0.05) is 74.5 Å². The molecular weight excluding hydrogens is 366 g/mol. The molecule has 0 aliphatic heterocycles. The molecule has 0 heterocycles. The summed E-state index contributed by atoms with van der Waals surface area (Å²) in [7, 11) is 0. The van der Waals surface area contributed by atoms with E-state index in [0.717, 1.165) is 17.5 Å². The molecule has 3 aromatic carbocycles. The molecule has 0 aliphatic carbocycles. The van der Waals surface area contributed by atoms with Crippen molar-refractivity contribution in [2.45, 2.75) is 31.8 Å². The van der Waals surface area contributed by atoms with Gasteiger partial charge in [0.2, 0.25) is 0 Å². The average molecular weight is 389 g/mol. The molecule has 0 fully saturated rings. The Morgan fingerprint density at radius 3 is 2.03 bits per heavy atom.